The Morgan fingerprint density at radius 2 is 1.44 bits per heavy atom. The van der Waals surface area contributed by atoms with Gasteiger partial charge in [0.2, 0.25) is 0 Å². The van der Waals surface area contributed by atoms with E-state index < -0.39 is 42.2 Å². The van der Waals surface area contributed by atoms with Crippen molar-refractivity contribution in [2.24, 2.45) is 17.8 Å². The predicted molar refractivity (Wildman–Crippen MR) is 117 cm³/mol. The fraction of sp³-hybridized carbons (Fsp3) is 1.00. The summed E-state index contributed by atoms with van der Waals surface area (Å²) in [5, 5.41) is 0. The number of ether oxygens (including phenoxy) is 1. The van der Waals surface area contributed by atoms with Gasteiger partial charge in [0.15, 0.2) is 0 Å². The van der Waals surface area contributed by atoms with E-state index in [1.54, 1.807) is 6.92 Å². The van der Waals surface area contributed by atoms with Crippen molar-refractivity contribution >= 4 is 31.3 Å². The highest BCUT2D eigenvalue weighted by atomic mass is 31.3. The summed E-state index contributed by atoms with van der Waals surface area (Å²) in [5.74, 6) is 1.58. The lowest BCUT2D eigenvalue weighted by Gasteiger charge is -2.44. The van der Waals surface area contributed by atoms with Gasteiger partial charge in [-0.3, -0.25) is 4.52 Å². The molecule has 15 heteroatoms. The van der Waals surface area contributed by atoms with Crippen LogP contribution in [0.1, 0.15) is 71.1 Å². The SMILES string of the molecule is [B][C@@H](O[C@@H](CC)COP(=O)(O)OP(=O)(O)OP(=O)(O)O)C1CC(C2CCCCCCC2)C1. The quantitative estimate of drug-likeness (QED) is 0.218. The summed E-state index contributed by atoms with van der Waals surface area (Å²) in [6.45, 7) is 1.27. The third-order valence-corrected chi connectivity index (χ3v) is 9.94. The molecule has 32 heavy (non-hydrogen) atoms. The molecule has 0 spiro atoms. The van der Waals surface area contributed by atoms with Gasteiger partial charge in [0.05, 0.1) is 12.7 Å². The normalized spacial score (nSPS) is 29.0. The molecule has 0 bridgehead atoms. The molecular weight excluding hydrogens is 484 g/mol. The molecule has 0 aliphatic heterocycles. The third kappa shape index (κ3) is 10.4. The van der Waals surface area contributed by atoms with E-state index in [0.29, 0.717) is 12.3 Å². The smallest absolute Gasteiger partial charge is 0.382 e. The first kappa shape index (κ1) is 28.7. The Labute approximate surface area is 190 Å². The maximum atomic E-state index is 11.9. The van der Waals surface area contributed by atoms with Crippen molar-refractivity contribution in [2.45, 2.75) is 83.2 Å². The molecule has 2 aliphatic rings. The van der Waals surface area contributed by atoms with Gasteiger partial charge in [0.1, 0.15) is 7.85 Å². The number of rotatable bonds is 12. The lowest BCUT2D eigenvalue weighted by molar-refractivity contribution is -0.0604. The fourth-order valence-electron chi connectivity index (χ4n) is 4.39. The standard InChI is InChI=1S/C17H34BO11P3/c1-2-16(12-26-31(22,23)29-32(24,25)28-30(19,20)21)27-17(18)15-10-14(11-15)13-8-6-4-3-5-7-9-13/h13-17H,2-12H2,1H3,(H,22,23)(H,24,25)(H2,19,20,21)/t14?,15?,16-,17-/m0/s1. The monoisotopic (exact) mass is 518 g/mol. The maximum Gasteiger partial charge on any atom is 0.490 e. The Morgan fingerprint density at radius 3 is 1.97 bits per heavy atom. The molecule has 0 aromatic carbocycles. The maximum absolute atomic E-state index is 11.9. The molecule has 0 heterocycles. The van der Waals surface area contributed by atoms with E-state index in [1.807, 2.05) is 0 Å². The highest BCUT2D eigenvalue weighted by Gasteiger charge is 2.41. The molecule has 0 aromatic heterocycles. The Hall–Kier alpha value is 0.435. The molecule has 2 saturated carbocycles. The zero-order chi connectivity index (χ0) is 24.0. The molecule has 2 rings (SSSR count). The summed E-state index contributed by atoms with van der Waals surface area (Å²) in [6.07, 6.45) is 10.7. The molecule has 2 unspecified atom stereocenters. The average molecular weight is 518 g/mol. The van der Waals surface area contributed by atoms with E-state index in [1.165, 1.54) is 44.9 Å². The molecular formula is C17H34BO11P3. The van der Waals surface area contributed by atoms with Gasteiger partial charge >= 0.3 is 23.5 Å². The van der Waals surface area contributed by atoms with Crippen LogP contribution in [0.25, 0.3) is 0 Å². The van der Waals surface area contributed by atoms with Crippen LogP contribution in [0.3, 0.4) is 0 Å². The van der Waals surface area contributed by atoms with Gasteiger partial charge in [-0.15, -0.1) is 0 Å². The van der Waals surface area contributed by atoms with Crippen LogP contribution < -0.4 is 0 Å². The molecule has 0 amide bonds. The zero-order valence-electron chi connectivity index (χ0n) is 18.2. The van der Waals surface area contributed by atoms with Crippen LogP contribution in [-0.4, -0.2) is 46.1 Å². The van der Waals surface area contributed by atoms with E-state index in [2.05, 4.69) is 13.1 Å². The Bertz CT molecular complexity index is 719. The van der Waals surface area contributed by atoms with Crippen molar-refractivity contribution < 1.29 is 51.2 Å². The molecule has 0 saturated heterocycles. The predicted octanol–water partition coefficient (Wildman–Crippen LogP) is 4.01. The molecule has 4 atom stereocenters. The topological polar surface area (TPSA) is 169 Å². The number of phosphoric acid groups is 3. The van der Waals surface area contributed by atoms with E-state index >= 15 is 0 Å². The number of hydrogen-bond donors (Lipinski definition) is 4. The Kier molecular flexibility index (Phi) is 11.1. The molecule has 0 aromatic rings. The average Bonchev–Trinajstić information content (AvgIpc) is 2.55. The number of phosphoric ester groups is 1. The number of hydrogen-bond acceptors (Lipinski definition) is 7. The van der Waals surface area contributed by atoms with Crippen LogP contribution >= 0.6 is 23.5 Å². The lowest BCUT2D eigenvalue weighted by atomic mass is 9.61. The molecule has 2 fully saturated rings. The van der Waals surface area contributed by atoms with Gasteiger partial charge in [-0.1, -0.05) is 51.9 Å². The summed E-state index contributed by atoms with van der Waals surface area (Å²) in [7, 11) is -9.95. The Balaban J connectivity index is 1.76. The van der Waals surface area contributed by atoms with Gasteiger partial charge in [-0.2, -0.15) is 8.62 Å². The molecule has 2 radical (unpaired) electrons. The summed E-state index contributed by atoms with van der Waals surface area (Å²) in [4.78, 5) is 35.8. The van der Waals surface area contributed by atoms with Crippen LogP contribution in [-0.2, 0) is 31.6 Å². The van der Waals surface area contributed by atoms with Crippen LogP contribution in [0.2, 0.25) is 0 Å². The van der Waals surface area contributed by atoms with Crippen molar-refractivity contribution in [2.75, 3.05) is 6.61 Å². The second-order valence-electron chi connectivity index (χ2n) is 8.61. The van der Waals surface area contributed by atoms with Crippen LogP contribution in [0.4, 0.5) is 0 Å². The first-order valence-corrected chi connectivity index (χ1v) is 15.5. The lowest BCUT2D eigenvalue weighted by Crippen LogP contribution is -2.41. The second-order valence-corrected chi connectivity index (χ2v) is 13.0. The van der Waals surface area contributed by atoms with Crippen molar-refractivity contribution in [1.82, 2.24) is 0 Å². The molecule has 11 nitrogen and oxygen atoms in total. The molecule has 2 aliphatic carbocycles. The van der Waals surface area contributed by atoms with Crippen molar-refractivity contribution in [3.05, 3.63) is 0 Å². The van der Waals surface area contributed by atoms with Crippen LogP contribution in [0, 0.1) is 17.8 Å². The van der Waals surface area contributed by atoms with Crippen molar-refractivity contribution in [1.29, 1.82) is 0 Å². The highest BCUT2D eigenvalue weighted by molar-refractivity contribution is 7.66. The first-order chi connectivity index (χ1) is 14.8. The zero-order valence-corrected chi connectivity index (χ0v) is 20.9. The van der Waals surface area contributed by atoms with E-state index in [4.69, 9.17) is 22.4 Å². The van der Waals surface area contributed by atoms with Gasteiger partial charge in [-0.05, 0) is 37.0 Å². The summed E-state index contributed by atoms with van der Waals surface area (Å²) in [6, 6.07) is -0.575. The van der Waals surface area contributed by atoms with Crippen LogP contribution in [0.15, 0.2) is 0 Å². The van der Waals surface area contributed by atoms with E-state index in [-0.39, 0.29) is 5.92 Å². The largest absolute Gasteiger partial charge is 0.490 e. The second kappa shape index (κ2) is 12.4. The summed E-state index contributed by atoms with van der Waals surface area (Å²) < 4.78 is 51.7. The van der Waals surface area contributed by atoms with E-state index in [0.717, 1.165) is 18.8 Å². The minimum Gasteiger partial charge on any atom is -0.382 e. The van der Waals surface area contributed by atoms with Crippen molar-refractivity contribution in [3.63, 3.8) is 0 Å². The van der Waals surface area contributed by atoms with Gasteiger partial charge < -0.3 is 24.3 Å². The highest BCUT2D eigenvalue weighted by Crippen LogP contribution is 2.66. The molecule has 4 N–H and O–H groups in total. The fourth-order valence-corrected chi connectivity index (χ4v) is 7.44. The third-order valence-electron chi connectivity index (χ3n) is 6.14. The van der Waals surface area contributed by atoms with Gasteiger partial charge in [0.25, 0.3) is 0 Å². The van der Waals surface area contributed by atoms with Gasteiger partial charge in [-0.25, -0.2) is 13.7 Å². The summed E-state index contributed by atoms with van der Waals surface area (Å²) >= 11 is 0. The minimum atomic E-state index is -5.54. The van der Waals surface area contributed by atoms with Gasteiger partial charge in [0, 0.05) is 6.00 Å². The van der Waals surface area contributed by atoms with E-state index in [9.17, 15) is 23.5 Å². The Morgan fingerprint density at radius 1 is 0.875 bits per heavy atom. The molecule has 186 valence electrons. The summed E-state index contributed by atoms with van der Waals surface area (Å²) in [5.41, 5.74) is 0. The van der Waals surface area contributed by atoms with Crippen molar-refractivity contribution in [3.8, 4) is 0 Å². The minimum absolute atomic E-state index is 0.186. The first-order valence-electron chi connectivity index (χ1n) is 11.0. The van der Waals surface area contributed by atoms with Crippen LogP contribution in [0.5, 0.6) is 0 Å².